The Balaban J connectivity index is 1.74. The van der Waals surface area contributed by atoms with Crippen LogP contribution in [0.3, 0.4) is 0 Å². The van der Waals surface area contributed by atoms with E-state index in [0.29, 0.717) is 0 Å². The quantitative estimate of drug-likeness (QED) is 0.313. The third-order valence-electron chi connectivity index (χ3n) is 3.74. The smallest absolute Gasteiger partial charge is 0.0317 e. The molecule has 1 rings (SSSR count). The summed E-state index contributed by atoms with van der Waals surface area (Å²) in [6.07, 6.45) is 21.1. The zero-order valence-electron chi connectivity index (χ0n) is 11.3. The minimum absolute atomic E-state index is 1.35. The first kappa shape index (κ1) is 13.8. The second kappa shape index (κ2) is 9.93. The highest BCUT2D eigenvalue weighted by molar-refractivity contribution is 5.06. The fraction of sp³-hybridized carbons (Fsp3) is 0.875. The molecule has 0 nitrogen and oxygen atoms in total. The van der Waals surface area contributed by atoms with E-state index in [2.05, 4.69) is 13.0 Å². The predicted molar refractivity (Wildman–Crippen MR) is 73.8 cm³/mol. The highest BCUT2D eigenvalue weighted by atomic mass is 14.1. The third-order valence-corrected chi connectivity index (χ3v) is 3.74. The molecule has 0 aromatic carbocycles. The summed E-state index contributed by atoms with van der Waals surface area (Å²) in [6.45, 7) is 2.29. The van der Waals surface area contributed by atoms with Crippen LogP contribution in [-0.4, -0.2) is 0 Å². The van der Waals surface area contributed by atoms with Crippen molar-refractivity contribution in [2.75, 3.05) is 0 Å². The van der Waals surface area contributed by atoms with Crippen molar-refractivity contribution in [2.45, 2.75) is 90.4 Å². The van der Waals surface area contributed by atoms with Gasteiger partial charge in [-0.1, -0.05) is 69.9 Å². The van der Waals surface area contributed by atoms with E-state index < -0.39 is 0 Å². The van der Waals surface area contributed by atoms with Crippen LogP contribution in [0.15, 0.2) is 11.6 Å². The molecule has 0 saturated carbocycles. The van der Waals surface area contributed by atoms with Gasteiger partial charge in [0, 0.05) is 0 Å². The minimum Gasteiger partial charge on any atom is -0.0853 e. The molecule has 1 aliphatic rings. The van der Waals surface area contributed by atoms with Crippen LogP contribution in [0, 0.1) is 0 Å². The Hall–Kier alpha value is -0.260. The van der Waals surface area contributed by atoms with E-state index >= 15 is 0 Å². The van der Waals surface area contributed by atoms with Crippen LogP contribution in [-0.2, 0) is 0 Å². The van der Waals surface area contributed by atoms with E-state index in [0.717, 1.165) is 0 Å². The normalized spacial score (nSPS) is 15.4. The first-order chi connectivity index (χ1) is 7.93. The molecule has 0 spiro atoms. The van der Waals surface area contributed by atoms with Gasteiger partial charge in [0.05, 0.1) is 0 Å². The summed E-state index contributed by atoms with van der Waals surface area (Å²) < 4.78 is 0. The fourth-order valence-electron chi connectivity index (χ4n) is 2.63. The molecule has 0 aromatic rings. The Bertz CT molecular complexity index is 178. The summed E-state index contributed by atoms with van der Waals surface area (Å²) in [6, 6.07) is 0. The molecule has 0 radical (unpaired) electrons. The Labute approximate surface area is 103 Å². The SMILES string of the molecule is CCCCCCCCCCCC1=CCCC1. The molecule has 0 heteroatoms. The first-order valence-corrected chi connectivity index (χ1v) is 7.61. The largest absolute Gasteiger partial charge is 0.0853 e. The second-order valence-electron chi connectivity index (χ2n) is 5.33. The van der Waals surface area contributed by atoms with E-state index in [4.69, 9.17) is 0 Å². The summed E-state index contributed by atoms with van der Waals surface area (Å²) in [5.74, 6) is 0. The van der Waals surface area contributed by atoms with Crippen LogP contribution in [0.4, 0.5) is 0 Å². The number of rotatable bonds is 10. The molecular formula is C16H30. The minimum atomic E-state index is 1.35. The van der Waals surface area contributed by atoms with Gasteiger partial charge in [0.2, 0.25) is 0 Å². The van der Waals surface area contributed by atoms with Gasteiger partial charge in [-0.2, -0.15) is 0 Å². The number of allylic oxidation sites excluding steroid dienone is 2. The van der Waals surface area contributed by atoms with E-state index in [1.807, 2.05) is 0 Å². The lowest BCUT2D eigenvalue weighted by molar-refractivity contribution is 0.563. The Morgan fingerprint density at radius 1 is 0.875 bits per heavy atom. The van der Waals surface area contributed by atoms with Crippen molar-refractivity contribution >= 4 is 0 Å². The second-order valence-corrected chi connectivity index (χ2v) is 5.33. The standard InChI is InChI=1S/C16H30/c1-2-3-4-5-6-7-8-9-10-13-16-14-11-12-15-16/h14H,2-13,15H2,1H3. The van der Waals surface area contributed by atoms with Gasteiger partial charge < -0.3 is 0 Å². The summed E-state index contributed by atoms with van der Waals surface area (Å²) in [5, 5.41) is 0. The van der Waals surface area contributed by atoms with E-state index in [1.54, 1.807) is 5.57 Å². The molecule has 0 aromatic heterocycles. The van der Waals surface area contributed by atoms with Crippen LogP contribution in [0.5, 0.6) is 0 Å². The van der Waals surface area contributed by atoms with E-state index in [9.17, 15) is 0 Å². The lowest BCUT2D eigenvalue weighted by Crippen LogP contribution is -1.83. The molecule has 1 aliphatic carbocycles. The third kappa shape index (κ3) is 7.09. The van der Waals surface area contributed by atoms with Gasteiger partial charge in [0.1, 0.15) is 0 Å². The number of hydrogen-bond acceptors (Lipinski definition) is 0. The molecule has 16 heavy (non-hydrogen) atoms. The van der Waals surface area contributed by atoms with E-state index in [-0.39, 0.29) is 0 Å². The van der Waals surface area contributed by atoms with Gasteiger partial charge in [-0.25, -0.2) is 0 Å². The van der Waals surface area contributed by atoms with Crippen molar-refractivity contribution < 1.29 is 0 Å². The maximum absolute atomic E-state index is 2.48. The zero-order chi connectivity index (χ0) is 11.5. The van der Waals surface area contributed by atoms with Gasteiger partial charge in [-0.3, -0.25) is 0 Å². The fourth-order valence-corrected chi connectivity index (χ4v) is 2.63. The summed E-state index contributed by atoms with van der Waals surface area (Å²) in [5.41, 5.74) is 1.75. The zero-order valence-corrected chi connectivity index (χ0v) is 11.3. The summed E-state index contributed by atoms with van der Waals surface area (Å²) >= 11 is 0. The highest BCUT2D eigenvalue weighted by Crippen LogP contribution is 2.23. The predicted octanol–water partition coefficient (Wildman–Crippen LogP) is 6.02. The van der Waals surface area contributed by atoms with Crippen LogP contribution in [0.25, 0.3) is 0 Å². The van der Waals surface area contributed by atoms with Gasteiger partial charge in [0.25, 0.3) is 0 Å². The van der Waals surface area contributed by atoms with E-state index in [1.165, 1.54) is 83.5 Å². The lowest BCUT2D eigenvalue weighted by atomic mass is 10.0. The van der Waals surface area contributed by atoms with Crippen molar-refractivity contribution in [3.63, 3.8) is 0 Å². The average Bonchev–Trinajstić information content (AvgIpc) is 2.80. The van der Waals surface area contributed by atoms with Gasteiger partial charge >= 0.3 is 0 Å². The van der Waals surface area contributed by atoms with Crippen molar-refractivity contribution in [3.8, 4) is 0 Å². The molecule has 0 unspecified atom stereocenters. The topological polar surface area (TPSA) is 0 Å². The monoisotopic (exact) mass is 222 g/mol. The number of unbranched alkanes of at least 4 members (excludes halogenated alkanes) is 8. The molecule has 0 amide bonds. The molecule has 0 heterocycles. The van der Waals surface area contributed by atoms with Crippen LogP contribution in [0.2, 0.25) is 0 Å². The Kier molecular flexibility index (Phi) is 8.57. The van der Waals surface area contributed by atoms with Crippen molar-refractivity contribution in [3.05, 3.63) is 11.6 Å². The molecule has 0 saturated heterocycles. The number of hydrogen-bond donors (Lipinski definition) is 0. The summed E-state index contributed by atoms with van der Waals surface area (Å²) in [4.78, 5) is 0. The molecule has 0 fully saturated rings. The van der Waals surface area contributed by atoms with Gasteiger partial charge in [0.15, 0.2) is 0 Å². The molecule has 94 valence electrons. The van der Waals surface area contributed by atoms with Crippen LogP contribution >= 0.6 is 0 Å². The Morgan fingerprint density at radius 2 is 1.50 bits per heavy atom. The van der Waals surface area contributed by atoms with Crippen LogP contribution < -0.4 is 0 Å². The molecule has 0 atom stereocenters. The lowest BCUT2D eigenvalue weighted by Gasteiger charge is -2.03. The highest BCUT2D eigenvalue weighted by Gasteiger charge is 2.03. The first-order valence-electron chi connectivity index (χ1n) is 7.61. The van der Waals surface area contributed by atoms with Crippen molar-refractivity contribution in [1.29, 1.82) is 0 Å². The average molecular weight is 222 g/mol. The maximum Gasteiger partial charge on any atom is -0.0317 e. The van der Waals surface area contributed by atoms with Gasteiger partial charge in [-0.15, -0.1) is 0 Å². The molecule has 0 aliphatic heterocycles. The van der Waals surface area contributed by atoms with Crippen LogP contribution in [0.1, 0.15) is 90.4 Å². The van der Waals surface area contributed by atoms with Gasteiger partial charge in [-0.05, 0) is 32.1 Å². The van der Waals surface area contributed by atoms with Crippen molar-refractivity contribution in [2.24, 2.45) is 0 Å². The summed E-state index contributed by atoms with van der Waals surface area (Å²) in [7, 11) is 0. The molecule has 0 bridgehead atoms. The molecule has 0 N–H and O–H groups in total. The maximum atomic E-state index is 2.48. The van der Waals surface area contributed by atoms with Crippen molar-refractivity contribution in [1.82, 2.24) is 0 Å². The molecular weight excluding hydrogens is 192 g/mol. The Morgan fingerprint density at radius 3 is 2.06 bits per heavy atom.